The molecule has 2 atom stereocenters. The van der Waals surface area contributed by atoms with Crippen LogP contribution >= 0.6 is 0 Å². The van der Waals surface area contributed by atoms with Crippen molar-refractivity contribution in [2.45, 2.75) is 37.1 Å². The second kappa shape index (κ2) is 7.76. The van der Waals surface area contributed by atoms with E-state index in [1.165, 1.54) is 6.07 Å². The summed E-state index contributed by atoms with van der Waals surface area (Å²) in [5.41, 5.74) is 1.59. The van der Waals surface area contributed by atoms with E-state index in [2.05, 4.69) is 9.80 Å². The average Bonchev–Trinajstić information content (AvgIpc) is 3.09. The molecule has 1 N–H and O–H groups in total. The highest BCUT2D eigenvalue weighted by Crippen LogP contribution is 2.39. The van der Waals surface area contributed by atoms with Crippen molar-refractivity contribution >= 4 is 5.91 Å². The number of nitrogens with zero attached hydrogens (tertiary/aromatic N) is 3. The van der Waals surface area contributed by atoms with Gasteiger partial charge < -0.3 is 10.0 Å². The van der Waals surface area contributed by atoms with Gasteiger partial charge in [0.15, 0.2) is 0 Å². The SMILES string of the molecule is O=C(Cc1ccccc1)N1C[C@H]2C[C@@H](O)CN2C2(CN(Cc3ccccc3F)C2)C1. The summed E-state index contributed by atoms with van der Waals surface area (Å²) in [7, 11) is 0. The minimum Gasteiger partial charge on any atom is -0.392 e. The highest BCUT2D eigenvalue weighted by atomic mass is 19.1. The molecular formula is C24H28FN3O2. The Bertz CT molecular complexity index is 916. The molecule has 5 nitrogen and oxygen atoms in total. The van der Waals surface area contributed by atoms with Gasteiger partial charge in [-0.3, -0.25) is 14.6 Å². The first-order chi connectivity index (χ1) is 14.5. The van der Waals surface area contributed by atoms with Crippen LogP contribution in [0.3, 0.4) is 0 Å². The van der Waals surface area contributed by atoms with Crippen LogP contribution in [0.2, 0.25) is 0 Å². The minimum absolute atomic E-state index is 0.141. The van der Waals surface area contributed by atoms with E-state index in [1.807, 2.05) is 47.4 Å². The van der Waals surface area contributed by atoms with E-state index < -0.39 is 0 Å². The van der Waals surface area contributed by atoms with Gasteiger partial charge in [0.25, 0.3) is 0 Å². The topological polar surface area (TPSA) is 47.0 Å². The smallest absolute Gasteiger partial charge is 0.227 e. The fraction of sp³-hybridized carbons (Fsp3) is 0.458. The molecule has 30 heavy (non-hydrogen) atoms. The number of aliphatic hydroxyl groups excluding tert-OH is 1. The van der Waals surface area contributed by atoms with Crippen LogP contribution in [-0.2, 0) is 17.8 Å². The van der Waals surface area contributed by atoms with Gasteiger partial charge in [-0.05, 0) is 18.1 Å². The van der Waals surface area contributed by atoms with Crippen LogP contribution < -0.4 is 0 Å². The lowest BCUT2D eigenvalue weighted by Gasteiger charge is -2.61. The van der Waals surface area contributed by atoms with Gasteiger partial charge in [0.05, 0.1) is 18.1 Å². The molecule has 2 aromatic carbocycles. The van der Waals surface area contributed by atoms with Crippen molar-refractivity contribution in [2.75, 3.05) is 32.7 Å². The highest BCUT2D eigenvalue weighted by molar-refractivity contribution is 5.79. The number of halogens is 1. The van der Waals surface area contributed by atoms with E-state index in [0.29, 0.717) is 44.6 Å². The molecule has 2 aromatic rings. The van der Waals surface area contributed by atoms with Crippen molar-refractivity contribution in [3.8, 4) is 0 Å². The molecule has 3 fully saturated rings. The lowest BCUT2D eigenvalue weighted by molar-refractivity contribution is -0.150. The first-order valence-corrected chi connectivity index (χ1v) is 10.7. The molecule has 0 radical (unpaired) electrons. The Hall–Kier alpha value is -2.28. The lowest BCUT2D eigenvalue weighted by Crippen LogP contribution is -2.78. The summed E-state index contributed by atoms with van der Waals surface area (Å²) in [6.45, 7) is 4.18. The molecule has 1 amide bonds. The van der Waals surface area contributed by atoms with E-state index in [1.54, 1.807) is 6.07 Å². The Morgan fingerprint density at radius 3 is 2.53 bits per heavy atom. The van der Waals surface area contributed by atoms with Crippen LogP contribution in [0.1, 0.15) is 17.5 Å². The van der Waals surface area contributed by atoms with Gasteiger partial charge in [-0.25, -0.2) is 4.39 Å². The number of piperazine rings is 1. The van der Waals surface area contributed by atoms with E-state index in [4.69, 9.17) is 0 Å². The summed E-state index contributed by atoms with van der Waals surface area (Å²) in [5.74, 6) is -0.0228. The maximum Gasteiger partial charge on any atom is 0.227 e. The van der Waals surface area contributed by atoms with E-state index >= 15 is 0 Å². The second-order valence-electron chi connectivity index (χ2n) is 9.09. The van der Waals surface area contributed by atoms with E-state index in [0.717, 1.165) is 18.7 Å². The average molecular weight is 410 g/mol. The number of β-amino-alcohol motifs (C(OH)–C–C–N with tert-alkyl or cyclic N) is 1. The van der Waals surface area contributed by atoms with Crippen LogP contribution in [0.4, 0.5) is 4.39 Å². The summed E-state index contributed by atoms with van der Waals surface area (Å²) in [6, 6.07) is 17.0. The molecule has 0 aromatic heterocycles. The number of carbonyl (C=O) groups excluding carboxylic acids is 1. The molecule has 3 heterocycles. The first kappa shape index (κ1) is 19.7. The number of likely N-dealkylation sites (tertiary alicyclic amines) is 1. The zero-order chi connectivity index (χ0) is 20.7. The summed E-state index contributed by atoms with van der Waals surface area (Å²) in [5, 5.41) is 10.3. The summed E-state index contributed by atoms with van der Waals surface area (Å²) >= 11 is 0. The third kappa shape index (κ3) is 3.64. The first-order valence-electron chi connectivity index (χ1n) is 10.7. The van der Waals surface area contributed by atoms with Crippen molar-refractivity contribution in [3.63, 3.8) is 0 Å². The van der Waals surface area contributed by atoms with Crippen LogP contribution in [-0.4, -0.2) is 76.1 Å². The Kier molecular flexibility index (Phi) is 5.09. The second-order valence-corrected chi connectivity index (χ2v) is 9.09. The standard InChI is InChI=1S/C24H28FN3O2/c25-22-9-5-4-8-19(22)12-26-15-24(16-26)17-27(13-20-11-21(29)14-28(20)24)23(30)10-18-6-2-1-3-7-18/h1-9,20-21,29H,10-17H2/t20-,21-/m1/s1. The molecule has 6 heteroatoms. The number of fused-ring (bicyclic) bond motifs is 2. The molecule has 3 aliphatic heterocycles. The van der Waals surface area contributed by atoms with Gasteiger partial charge in [-0.1, -0.05) is 48.5 Å². The quantitative estimate of drug-likeness (QED) is 0.838. The molecule has 0 saturated carbocycles. The third-order valence-electron chi connectivity index (χ3n) is 6.86. The summed E-state index contributed by atoms with van der Waals surface area (Å²) in [4.78, 5) is 19.7. The van der Waals surface area contributed by atoms with Gasteiger partial charge in [-0.2, -0.15) is 0 Å². The maximum absolute atomic E-state index is 14.1. The van der Waals surface area contributed by atoms with Gasteiger partial charge in [0.1, 0.15) is 5.82 Å². The molecule has 1 spiro atoms. The fourth-order valence-electron chi connectivity index (χ4n) is 5.53. The third-order valence-corrected chi connectivity index (χ3v) is 6.86. The van der Waals surface area contributed by atoms with Crippen molar-refractivity contribution in [1.29, 1.82) is 0 Å². The Balaban J connectivity index is 1.30. The van der Waals surface area contributed by atoms with Crippen LogP contribution in [0.5, 0.6) is 0 Å². The molecule has 158 valence electrons. The number of amides is 1. The number of hydrogen-bond donors (Lipinski definition) is 1. The summed E-state index contributed by atoms with van der Waals surface area (Å²) in [6.07, 6.45) is 0.784. The molecule has 0 unspecified atom stereocenters. The number of aliphatic hydroxyl groups is 1. The number of hydrogen-bond acceptors (Lipinski definition) is 4. The summed E-state index contributed by atoms with van der Waals surface area (Å²) < 4.78 is 14.1. The van der Waals surface area contributed by atoms with Crippen LogP contribution in [0.25, 0.3) is 0 Å². The monoisotopic (exact) mass is 409 g/mol. The molecule has 3 saturated heterocycles. The van der Waals surface area contributed by atoms with Gasteiger partial charge >= 0.3 is 0 Å². The Labute approximate surface area is 176 Å². The van der Waals surface area contributed by atoms with Crippen LogP contribution in [0, 0.1) is 5.82 Å². The molecular weight excluding hydrogens is 381 g/mol. The minimum atomic E-state index is -0.336. The van der Waals surface area contributed by atoms with Crippen LogP contribution in [0.15, 0.2) is 54.6 Å². The van der Waals surface area contributed by atoms with Crippen molar-refractivity contribution in [2.24, 2.45) is 0 Å². The Morgan fingerprint density at radius 2 is 1.77 bits per heavy atom. The molecule has 3 aliphatic rings. The normalized spacial score (nSPS) is 25.9. The van der Waals surface area contributed by atoms with Gasteiger partial charge in [-0.15, -0.1) is 0 Å². The van der Waals surface area contributed by atoms with E-state index in [-0.39, 0.29) is 29.4 Å². The van der Waals surface area contributed by atoms with Crippen molar-refractivity contribution in [1.82, 2.24) is 14.7 Å². The zero-order valence-electron chi connectivity index (χ0n) is 17.1. The highest BCUT2D eigenvalue weighted by Gasteiger charge is 2.56. The Morgan fingerprint density at radius 1 is 1.03 bits per heavy atom. The maximum atomic E-state index is 14.1. The van der Waals surface area contributed by atoms with Gasteiger partial charge in [0, 0.05) is 50.9 Å². The largest absolute Gasteiger partial charge is 0.392 e. The molecule has 0 aliphatic carbocycles. The predicted octanol–water partition coefficient (Wildman–Crippen LogP) is 1.90. The number of carbonyl (C=O) groups is 1. The predicted molar refractivity (Wildman–Crippen MR) is 112 cm³/mol. The zero-order valence-corrected chi connectivity index (χ0v) is 17.1. The number of rotatable bonds is 4. The van der Waals surface area contributed by atoms with Gasteiger partial charge in [0.2, 0.25) is 5.91 Å². The fourth-order valence-corrected chi connectivity index (χ4v) is 5.53. The molecule has 0 bridgehead atoms. The lowest BCUT2D eigenvalue weighted by atomic mass is 9.83. The number of benzene rings is 2. The van der Waals surface area contributed by atoms with Crippen molar-refractivity contribution in [3.05, 3.63) is 71.5 Å². The van der Waals surface area contributed by atoms with Crippen molar-refractivity contribution < 1.29 is 14.3 Å². The molecule has 5 rings (SSSR count). The van der Waals surface area contributed by atoms with E-state index in [9.17, 15) is 14.3 Å².